The number of carbonyl (C=O) groups is 1. The molecule has 2 rings (SSSR count). The Morgan fingerprint density at radius 1 is 1.32 bits per heavy atom. The molecule has 1 aliphatic heterocycles. The van der Waals surface area contributed by atoms with Crippen LogP contribution in [0, 0.1) is 23.2 Å². The fourth-order valence-corrected chi connectivity index (χ4v) is 3.67. The van der Waals surface area contributed by atoms with Gasteiger partial charge in [-0.1, -0.05) is 13.8 Å². The van der Waals surface area contributed by atoms with Crippen LogP contribution in [0.15, 0.2) is 0 Å². The third kappa shape index (κ3) is 3.70. The Morgan fingerprint density at radius 2 is 1.89 bits per heavy atom. The van der Waals surface area contributed by atoms with Gasteiger partial charge in [-0.05, 0) is 43.9 Å². The Morgan fingerprint density at radius 3 is 2.42 bits per heavy atom. The van der Waals surface area contributed by atoms with Crippen molar-refractivity contribution in [2.75, 3.05) is 19.6 Å². The summed E-state index contributed by atoms with van der Waals surface area (Å²) in [6, 6.07) is 2.31. The maximum atomic E-state index is 12.1. The summed E-state index contributed by atoms with van der Waals surface area (Å²) in [4.78, 5) is 14.4. The molecule has 2 fully saturated rings. The molecule has 0 radical (unpaired) electrons. The number of hydrogen-bond acceptors (Lipinski definition) is 3. The molecule has 2 atom stereocenters. The number of likely N-dealkylation sites (tertiary alicyclic amines) is 1. The first-order valence-corrected chi connectivity index (χ1v) is 7.47. The van der Waals surface area contributed by atoms with Gasteiger partial charge in [0.2, 0.25) is 5.91 Å². The van der Waals surface area contributed by atoms with Gasteiger partial charge in [0.05, 0.1) is 12.6 Å². The number of rotatable bonds is 3. The Hall–Kier alpha value is -1.08. The second-order valence-corrected chi connectivity index (χ2v) is 6.59. The van der Waals surface area contributed by atoms with E-state index in [-0.39, 0.29) is 5.91 Å². The Kier molecular flexibility index (Phi) is 4.46. The van der Waals surface area contributed by atoms with E-state index in [4.69, 9.17) is 0 Å². The number of amides is 1. The van der Waals surface area contributed by atoms with Gasteiger partial charge in [-0.25, -0.2) is 0 Å². The Labute approximate surface area is 116 Å². The average Bonchev–Trinajstić information content (AvgIpc) is 2.76. The van der Waals surface area contributed by atoms with Crippen LogP contribution in [0.3, 0.4) is 0 Å². The van der Waals surface area contributed by atoms with Crippen LogP contribution in [-0.2, 0) is 4.79 Å². The zero-order valence-corrected chi connectivity index (χ0v) is 12.1. The lowest BCUT2D eigenvalue weighted by molar-refractivity contribution is -0.124. The van der Waals surface area contributed by atoms with Crippen molar-refractivity contribution in [3.05, 3.63) is 0 Å². The maximum Gasteiger partial charge on any atom is 0.235 e. The molecule has 0 bridgehead atoms. The van der Waals surface area contributed by atoms with Crippen molar-refractivity contribution in [1.29, 1.82) is 5.26 Å². The third-order valence-electron chi connectivity index (χ3n) is 4.36. The van der Waals surface area contributed by atoms with Gasteiger partial charge in [0.1, 0.15) is 5.54 Å². The second-order valence-electron chi connectivity index (χ2n) is 6.59. The van der Waals surface area contributed by atoms with Crippen LogP contribution in [0.4, 0.5) is 0 Å². The summed E-state index contributed by atoms with van der Waals surface area (Å²) >= 11 is 0. The lowest BCUT2D eigenvalue weighted by Gasteiger charge is -2.35. The molecule has 0 aromatic heterocycles. The van der Waals surface area contributed by atoms with Crippen molar-refractivity contribution in [1.82, 2.24) is 10.2 Å². The predicted molar refractivity (Wildman–Crippen MR) is 74.3 cm³/mol. The molecule has 106 valence electrons. The highest BCUT2D eigenvalue weighted by Gasteiger charge is 2.35. The van der Waals surface area contributed by atoms with Crippen LogP contribution in [-0.4, -0.2) is 36.0 Å². The van der Waals surface area contributed by atoms with E-state index in [0.29, 0.717) is 18.4 Å². The number of carbonyl (C=O) groups excluding carboxylic acids is 1. The van der Waals surface area contributed by atoms with Gasteiger partial charge in [-0.15, -0.1) is 0 Å². The SMILES string of the molecule is CC1CC(C)CN(CC(=O)NC2(C#N)CCCC2)C1. The standard InChI is InChI=1S/C15H25N3O/c1-12-7-13(2)9-18(8-12)10-14(19)17-15(11-16)5-3-4-6-15/h12-13H,3-10H2,1-2H3,(H,17,19). The molecule has 1 amide bonds. The van der Waals surface area contributed by atoms with Gasteiger partial charge < -0.3 is 5.32 Å². The summed E-state index contributed by atoms with van der Waals surface area (Å²) in [6.45, 7) is 6.93. The smallest absolute Gasteiger partial charge is 0.235 e. The normalized spacial score (nSPS) is 30.8. The first-order valence-electron chi connectivity index (χ1n) is 7.47. The van der Waals surface area contributed by atoms with Crippen molar-refractivity contribution < 1.29 is 4.79 Å². The fraction of sp³-hybridized carbons (Fsp3) is 0.867. The van der Waals surface area contributed by atoms with E-state index in [0.717, 1.165) is 38.8 Å². The topological polar surface area (TPSA) is 56.1 Å². The average molecular weight is 263 g/mol. The van der Waals surface area contributed by atoms with Gasteiger partial charge in [0, 0.05) is 13.1 Å². The minimum absolute atomic E-state index is 0.0183. The largest absolute Gasteiger partial charge is 0.337 e. The van der Waals surface area contributed by atoms with Crippen LogP contribution >= 0.6 is 0 Å². The molecule has 1 aliphatic carbocycles. The first-order chi connectivity index (χ1) is 9.03. The number of nitrogens with one attached hydrogen (secondary N) is 1. The highest BCUT2D eigenvalue weighted by atomic mass is 16.2. The Bertz CT molecular complexity index is 358. The third-order valence-corrected chi connectivity index (χ3v) is 4.36. The molecular weight excluding hydrogens is 238 g/mol. The summed E-state index contributed by atoms with van der Waals surface area (Å²) in [5.41, 5.74) is -0.579. The zero-order valence-electron chi connectivity index (χ0n) is 12.1. The molecule has 4 nitrogen and oxygen atoms in total. The van der Waals surface area contributed by atoms with E-state index in [2.05, 4.69) is 30.1 Å². The number of nitriles is 1. The number of piperidine rings is 1. The Balaban J connectivity index is 1.85. The van der Waals surface area contributed by atoms with E-state index in [1.54, 1.807) is 0 Å². The quantitative estimate of drug-likeness (QED) is 0.846. The fourth-order valence-electron chi connectivity index (χ4n) is 3.67. The van der Waals surface area contributed by atoms with E-state index < -0.39 is 5.54 Å². The molecule has 1 heterocycles. The van der Waals surface area contributed by atoms with Gasteiger partial charge in [0.25, 0.3) is 0 Å². The summed E-state index contributed by atoms with van der Waals surface area (Å²) in [5.74, 6) is 1.34. The molecule has 2 unspecified atom stereocenters. The maximum absolute atomic E-state index is 12.1. The number of nitrogens with zero attached hydrogens (tertiary/aromatic N) is 2. The van der Waals surface area contributed by atoms with Crippen molar-refractivity contribution >= 4 is 5.91 Å². The highest BCUT2D eigenvalue weighted by Crippen LogP contribution is 2.29. The van der Waals surface area contributed by atoms with Gasteiger partial charge in [-0.2, -0.15) is 5.26 Å². The van der Waals surface area contributed by atoms with Gasteiger partial charge in [-0.3, -0.25) is 9.69 Å². The summed E-state index contributed by atoms with van der Waals surface area (Å²) < 4.78 is 0. The lowest BCUT2D eigenvalue weighted by Crippen LogP contribution is -2.51. The lowest BCUT2D eigenvalue weighted by atomic mass is 9.92. The van der Waals surface area contributed by atoms with Crippen molar-refractivity contribution in [2.45, 2.75) is 51.5 Å². The molecule has 0 aromatic rings. The molecule has 1 N–H and O–H groups in total. The molecule has 0 aromatic carbocycles. The predicted octanol–water partition coefficient (Wildman–Crippen LogP) is 1.92. The van der Waals surface area contributed by atoms with Crippen molar-refractivity contribution in [3.8, 4) is 6.07 Å². The first kappa shape index (κ1) is 14.3. The van der Waals surface area contributed by atoms with Crippen LogP contribution in [0.2, 0.25) is 0 Å². The monoisotopic (exact) mass is 263 g/mol. The van der Waals surface area contributed by atoms with Crippen molar-refractivity contribution in [2.24, 2.45) is 11.8 Å². The minimum Gasteiger partial charge on any atom is -0.337 e. The molecule has 0 spiro atoms. The minimum atomic E-state index is -0.579. The van der Waals surface area contributed by atoms with E-state index in [9.17, 15) is 10.1 Å². The molecule has 1 saturated carbocycles. The summed E-state index contributed by atoms with van der Waals surface area (Å²) in [5, 5.41) is 12.3. The van der Waals surface area contributed by atoms with Crippen LogP contribution < -0.4 is 5.32 Å². The summed E-state index contributed by atoms with van der Waals surface area (Å²) in [6.07, 6.45) is 4.96. The van der Waals surface area contributed by atoms with E-state index in [1.165, 1.54) is 6.42 Å². The van der Waals surface area contributed by atoms with Crippen molar-refractivity contribution in [3.63, 3.8) is 0 Å². The van der Waals surface area contributed by atoms with E-state index >= 15 is 0 Å². The molecule has 4 heteroatoms. The zero-order chi connectivity index (χ0) is 13.9. The summed E-state index contributed by atoms with van der Waals surface area (Å²) in [7, 11) is 0. The number of hydrogen-bond donors (Lipinski definition) is 1. The van der Waals surface area contributed by atoms with Gasteiger partial charge in [0.15, 0.2) is 0 Å². The molecule has 2 aliphatic rings. The van der Waals surface area contributed by atoms with Crippen LogP contribution in [0.25, 0.3) is 0 Å². The second kappa shape index (κ2) is 5.92. The van der Waals surface area contributed by atoms with Crippen LogP contribution in [0.5, 0.6) is 0 Å². The molecule has 19 heavy (non-hydrogen) atoms. The van der Waals surface area contributed by atoms with E-state index in [1.807, 2.05) is 0 Å². The van der Waals surface area contributed by atoms with Gasteiger partial charge >= 0.3 is 0 Å². The highest BCUT2D eigenvalue weighted by molar-refractivity contribution is 5.79. The van der Waals surface area contributed by atoms with Crippen LogP contribution in [0.1, 0.15) is 46.0 Å². The molecular formula is C15H25N3O. The molecule has 1 saturated heterocycles.